The number of hydrogen-bond acceptors (Lipinski definition) is 7. The number of rotatable bonds is 4. The first-order chi connectivity index (χ1) is 16.3. The van der Waals surface area contributed by atoms with Crippen molar-refractivity contribution in [3.05, 3.63) is 68.1 Å². The molecule has 0 spiro atoms. The average molecular weight is 480 g/mol. The summed E-state index contributed by atoms with van der Waals surface area (Å²) in [5, 5.41) is 24.9. The Hall–Kier alpha value is -2.32. The molecule has 1 aromatic heterocycles. The van der Waals surface area contributed by atoms with Gasteiger partial charge in [-0.3, -0.25) is 14.4 Å². The molecule has 34 heavy (non-hydrogen) atoms. The van der Waals surface area contributed by atoms with Crippen LogP contribution in [0.4, 0.5) is 0 Å². The highest BCUT2D eigenvalue weighted by atomic mass is 32.1. The summed E-state index contributed by atoms with van der Waals surface area (Å²) >= 11 is 1.63. The summed E-state index contributed by atoms with van der Waals surface area (Å²) in [5.41, 5.74) is 2.98. The number of allylic oxidation sites excluding steroid dienone is 3. The number of hydroxylamine groups is 2. The van der Waals surface area contributed by atoms with Crippen molar-refractivity contribution < 1.29 is 24.6 Å². The second-order valence-corrected chi connectivity index (χ2v) is 11.4. The average Bonchev–Trinajstić information content (AvgIpc) is 3.54. The normalized spacial score (nSPS) is 34.5. The summed E-state index contributed by atoms with van der Waals surface area (Å²) in [7, 11) is 0. The minimum absolute atomic E-state index is 0.133. The third-order valence-corrected chi connectivity index (χ3v) is 9.34. The molecule has 6 nitrogen and oxygen atoms in total. The minimum Gasteiger partial charge on any atom is -0.392 e. The molecule has 0 bridgehead atoms. The van der Waals surface area contributed by atoms with Crippen LogP contribution >= 0.6 is 11.3 Å². The lowest BCUT2D eigenvalue weighted by molar-refractivity contribution is -0.253. The van der Waals surface area contributed by atoms with Crippen molar-refractivity contribution in [1.29, 1.82) is 0 Å². The van der Waals surface area contributed by atoms with E-state index < -0.39 is 29.5 Å². The Morgan fingerprint density at radius 3 is 2.85 bits per heavy atom. The van der Waals surface area contributed by atoms with E-state index >= 15 is 0 Å². The topological polar surface area (TPSA) is 87.1 Å². The summed E-state index contributed by atoms with van der Waals surface area (Å²) in [6.45, 7) is 3.49. The minimum atomic E-state index is -1.57. The largest absolute Gasteiger partial charge is 0.392 e. The van der Waals surface area contributed by atoms with E-state index in [4.69, 9.17) is 4.84 Å². The van der Waals surface area contributed by atoms with Gasteiger partial charge in [0, 0.05) is 27.4 Å². The summed E-state index contributed by atoms with van der Waals surface area (Å²) < 4.78 is 0. The molecular formula is C27H29NO5S. The first kappa shape index (κ1) is 22.2. The van der Waals surface area contributed by atoms with Gasteiger partial charge in [-0.05, 0) is 60.8 Å². The van der Waals surface area contributed by atoms with E-state index in [0.29, 0.717) is 24.1 Å². The number of aliphatic hydroxyl groups excluding tert-OH is 2. The van der Waals surface area contributed by atoms with Gasteiger partial charge < -0.3 is 10.2 Å². The Morgan fingerprint density at radius 1 is 1.29 bits per heavy atom. The SMILES string of the molecule is C[C@H]1C=C2C(=O)C=C3C4=C(C5=C(CCC5)C4)N(Cc4cccs4)O[C@]3(C(=O)CO)[C@@]2(C)C[C@@H]1O. The number of carbonyl (C=O) groups is 2. The van der Waals surface area contributed by atoms with Crippen LogP contribution in [0.25, 0.3) is 0 Å². The Bertz CT molecular complexity index is 1220. The van der Waals surface area contributed by atoms with Gasteiger partial charge in [-0.25, -0.2) is 5.06 Å². The first-order valence-electron chi connectivity index (χ1n) is 12.0. The number of fused-ring (bicyclic) bond motifs is 5. The zero-order valence-corrected chi connectivity index (χ0v) is 20.3. The van der Waals surface area contributed by atoms with E-state index in [1.165, 1.54) is 11.1 Å². The van der Waals surface area contributed by atoms with Gasteiger partial charge in [0.1, 0.15) is 6.61 Å². The molecule has 6 rings (SSSR count). The maximum absolute atomic E-state index is 13.8. The molecule has 2 N–H and O–H groups in total. The molecular weight excluding hydrogens is 450 g/mol. The first-order valence-corrected chi connectivity index (χ1v) is 12.9. The van der Waals surface area contributed by atoms with Crippen LogP contribution in [-0.2, 0) is 21.0 Å². The monoisotopic (exact) mass is 479 g/mol. The van der Waals surface area contributed by atoms with Crippen molar-refractivity contribution in [3.63, 3.8) is 0 Å². The molecule has 4 aliphatic carbocycles. The molecule has 0 fully saturated rings. The van der Waals surface area contributed by atoms with Crippen LogP contribution in [0.15, 0.2) is 63.2 Å². The Kier molecular flexibility index (Phi) is 4.95. The molecule has 1 aromatic rings. The van der Waals surface area contributed by atoms with Gasteiger partial charge in [0.05, 0.1) is 18.3 Å². The van der Waals surface area contributed by atoms with Gasteiger partial charge in [-0.1, -0.05) is 31.6 Å². The van der Waals surface area contributed by atoms with E-state index in [2.05, 4.69) is 0 Å². The van der Waals surface area contributed by atoms with Crippen LogP contribution in [0.5, 0.6) is 0 Å². The molecule has 7 heteroatoms. The third kappa shape index (κ3) is 2.78. The molecule has 2 heterocycles. The lowest BCUT2D eigenvalue weighted by Crippen LogP contribution is -2.66. The number of thiophene rings is 1. The van der Waals surface area contributed by atoms with Crippen LogP contribution < -0.4 is 0 Å². The summed E-state index contributed by atoms with van der Waals surface area (Å²) in [4.78, 5) is 35.1. The van der Waals surface area contributed by atoms with E-state index in [1.54, 1.807) is 23.5 Å². The van der Waals surface area contributed by atoms with Crippen molar-refractivity contribution in [2.24, 2.45) is 11.3 Å². The van der Waals surface area contributed by atoms with Gasteiger partial charge in [-0.15, -0.1) is 11.3 Å². The number of carbonyl (C=O) groups excluding carboxylic acids is 2. The van der Waals surface area contributed by atoms with Crippen molar-refractivity contribution in [2.75, 3.05) is 6.61 Å². The predicted molar refractivity (Wildman–Crippen MR) is 127 cm³/mol. The standard InChI is InChI=1S/C27H29NO5S/c1-15-9-21-22(30)11-20-19-10-16-5-3-7-18(16)25(19)28(13-17-6-4-8-34-17)33-27(20,24(32)14-29)26(21,2)12-23(15)31/h4,6,8-9,11,15,23,29,31H,3,5,7,10,12-14H2,1-2H3/t15-,23-,26-,27+/m0/s1. The predicted octanol–water partition coefficient (Wildman–Crippen LogP) is 3.78. The quantitative estimate of drug-likeness (QED) is 0.684. The van der Waals surface area contributed by atoms with Crippen molar-refractivity contribution in [2.45, 2.75) is 64.2 Å². The highest BCUT2D eigenvalue weighted by Gasteiger charge is 2.67. The molecule has 0 amide bonds. The number of Topliss-reactive ketones (excluding diaryl/α,β-unsaturated/α-hetero) is 1. The van der Waals surface area contributed by atoms with Crippen LogP contribution in [0.3, 0.4) is 0 Å². The van der Waals surface area contributed by atoms with Crippen LogP contribution in [0.2, 0.25) is 0 Å². The van der Waals surface area contributed by atoms with E-state index in [-0.39, 0.29) is 18.1 Å². The maximum Gasteiger partial charge on any atom is 0.198 e. The van der Waals surface area contributed by atoms with E-state index in [0.717, 1.165) is 35.4 Å². The van der Waals surface area contributed by atoms with Crippen molar-refractivity contribution >= 4 is 22.9 Å². The molecule has 0 radical (unpaired) electrons. The highest BCUT2D eigenvalue weighted by molar-refractivity contribution is 7.09. The van der Waals surface area contributed by atoms with Crippen LogP contribution in [0.1, 0.15) is 50.8 Å². The van der Waals surface area contributed by atoms with Crippen molar-refractivity contribution in [1.82, 2.24) is 5.06 Å². The van der Waals surface area contributed by atoms with Gasteiger partial charge in [0.15, 0.2) is 17.2 Å². The fourth-order valence-corrected chi connectivity index (χ4v) is 7.47. The fourth-order valence-electron chi connectivity index (χ4n) is 6.79. The number of aliphatic hydroxyl groups is 2. The highest BCUT2D eigenvalue weighted by Crippen LogP contribution is 2.62. The Morgan fingerprint density at radius 2 is 2.12 bits per heavy atom. The van der Waals surface area contributed by atoms with Gasteiger partial charge in [-0.2, -0.15) is 0 Å². The third-order valence-electron chi connectivity index (χ3n) is 8.48. The molecule has 0 aromatic carbocycles. The van der Waals surface area contributed by atoms with Gasteiger partial charge in [0.2, 0.25) is 0 Å². The number of ketones is 2. The van der Waals surface area contributed by atoms with Crippen LogP contribution in [0, 0.1) is 11.3 Å². The Balaban J connectivity index is 1.60. The smallest absolute Gasteiger partial charge is 0.198 e. The van der Waals surface area contributed by atoms with Crippen LogP contribution in [-0.4, -0.2) is 45.2 Å². The molecule has 0 saturated carbocycles. The molecule has 178 valence electrons. The maximum atomic E-state index is 13.8. The zero-order chi connectivity index (χ0) is 23.8. The summed E-state index contributed by atoms with van der Waals surface area (Å²) in [6.07, 6.45) is 6.61. The number of hydrogen-bond donors (Lipinski definition) is 2. The second-order valence-electron chi connectivity index (χ2n) is 10.4. The summed E-state index contributed by atoms with van der Waals surface area (Å²) in [5.74, 6) is -0.816. The van der Waals surface area contributed by atoms with E-state index in [9.17, 15) is 19.8 Å². The molecule has 5 aliphatic rings. The molecule has 0 unspecified atom stereocenters. The van der Waals surface area contributed by atoms with Crippen molar-refractivity contribution in [3.8, 4) is 0 Å². The fraction of sp³-hybridized carbons (Fsp3) is 0.481. The molecule has 1 aliphatic heterocycles. The molecule has 0 saturated heterocycles. The molecule has 4 atom stereocenters. The van der Waals surface area contributed by atoms with E-state index in [1.807, 2.05) is 36.4 Å². The number of nitrogens with zero attached hydrogens (tertiary/aromatic N) is 1. The van der Waals surface area contributed by atoms with Gasteiger partial charge >= 0.3 is 0 Å². The second kappa shape index (κ2) is 7.59. The zero-order valence-electron chi connectivity index (χ0n) is 19.5. The lowest BCUT2D eigenvalue weighted by atomic mass is 9.52. The summed E-state index contributed by atoms with van der Waals surface area (Å²) in [6, 6.07) is 4.04. The van der Waals surface area contributed by atoms with Gasteiger partial charge in [0.25, 0.3) is 0 Å². The Labute approximate surface area is 202 Å². The lowest BCUT2D eigenvalue weighted by Gasteiger charge is -2.57.